The lowest BCUT2D eigenvalue weighted by atomic mass is 10.2. The summed E-state index contributed by atoms with van der Waals surface area (Å²) in [4.78, 5) is 0. The number of anilines is 1. The van der Waals surface area contributed by atoms with Crippen LogP contribution in [0.5, 0.6) is 11.5 Å². The Morgan fingerprint density at radius 2 is 1.57 bits per heavy atom. The average Bonchev–Trinajstić information content (AvgIpc) is 2.49. The number of benzene rings is 2. The van der Waals surface area contributed by atoms with Crippen molar-refractivity contribution in [2.45, 2.75) is 13.8 Å². The van der Waals surface area contributed by atoms with Crippen LogP contribution in [0.1, 0.15) is 13.8 Å². The third-order valence-corrected chi connectivity index (χ3v) is 2.86. The van der Waals surface area contributed by atoms with Gasteiger partial charge in [0.1, 0.15) is 11.5 Å². The Morgan fingerprint density at radius 3 is 2.24 bits per heavy atom. The van der Waals surface area contributed by atoms with Gasteiger partial charge in [0.05, 0.1) is 6.61 Å². The minimum atomic E-state index is 0.583. The van der Waals surface area contributed by atoms with Gasteiger partial charge in [0.2, 0.25) is 0 Å². The fourth-order valence-electron chi connectivity index (χ4n) is 1.85. The van der Waals surface area contributed by atoms with E-state index in [2.05, 4.69) is 19.2 Å². The van der Waals surface area contributed by atoms with Gasteiger partial charge in [-0.05, 0) is 42.3 Å². The van der Waals surface area contributed by atoms with Crippen LogP contribution in [0.4, 0.5) is 5.69 Å². The lowest BCUT2D eigenvalue weighted by Gasteiger charge is -2.10. The Hall–Kier alpha value is -2.00. The highest BCUT2D eigenvalue weighted by atomic mass is 16.5. The highest BCUT2D eigenvalue weighted by Crippen LogP contribution is 2.22. The average molecular weight is 285 g/mol. The zero-order chi connectivity index (χ0) is 14.9. The highest BCUT2D eigenvalue weighted by molar-refractivity contribution is 5.47. The number of ether oxygens (including phenoxy) is 2. The van der Waals surface area contributed by atoms with E-state index >= 15 is 0 Å². The Labute approximate surface area is 126 Å². The van der Waals surface area contributed by atoms with E-state index in [1.165, 1.54) is 0 Å². The van der Waals surface area contributed by atoms with Crippen molar-refractivity contribution in [3.63, 3.8) is 0 Å². The number of hydrogen-bond donors (Lipinski definition) is 1. The van der Waals surface area contributed by atoms with Gasteiger partial charge < -0.3 is 14.8 Å². The van der Waals surface area contributed by atoms with Crippen molar-refractivity contribution in [1.82, 2.24) is 0 Å². The summed E-state index contributed by atoms with van der Waals surface area (Å²) in [5.74, 6) is 2.27. The molecule has 0 radical (unpaired) electrons. The van der Waals surface area contributed by atoms with Gasteiger partial charge in [0, 0.05) is 18.8 Å². The van der Waals surface area contributed by atoms with E-state index in [4.69, 9.17) is 9.47 Å². The molecule has 0 unspecified atom stereocenters. The molecule has 21 heavy (non-hydrogen) atoms. The first kappa shape index (κ1) is 15.4. The second kappa shape index (κ2) is 8.32. The smallest absolute Gasteiger partial charge is 0.127 e. The summed E-state index contributed by atoms with van der Waals surface area (Å²) >= 11 is 0. The summed E-state index contributed by atoms with van der Waals surface area (Å²) in [5, 5.41) is 3.33. The van der Waals surface area contributed by atoms with Crippen LogP contribution >= 0.6 is 0 Å². The second-order valence-corrected chi connectivity index (χ2v) is 5.34. The van der Waals surface area contributed by atoms with Gasteiger partial charge in [0.25, 0.3) is 0 Å². The van der Waals surface area contributed by atoms with Crippen LogP contribution in [0.25, 0.3) is 0 Å². The van der Waals surface area contributed by atoms with Crippen LogP contribution in [-0.4, -0.2) is 19.8 Å². The lowest BCUT2D eigenvalue weighted by Crippen LogP contribution is -2.11. The zero-order valence-corrected chi connectivity index (χ0v) is 12.7. The van der Waals surface area contributed by atoms with E-state index in [-0.39, 0.29) is 0 Å². The van der Waals surface area contributed by atoms with Crippen LogP contribution in [0, 0.1) is 5.92 Å². The molecule has 0 heterocycles. The molecule has 2 rings (SSSR count). The summed E-state index contributed by atoms with van der Waals surface area (Å²) < 4.78 is 11.3. The van der Waals surface area contributed by atoms with E-state index in [9.17, 15) is 0 Å². The van der Waals surface area contributed by atoms with E-state index < -0.39 is 0 Å². The van der Waals surface area contributed by atoms with Crippen molar-refractivity contribution in [2.24, 2.45) is 5.92 Å². The molecule has 0 saturated heterocycles. The van der Waals surface area contributed by atoms with Crippen molar-refractivity contribution in [3.8, 4) is 11.5 Å². The number of nitrogens with one attached hydrogen (secondary N) is 1. The van der Waals surface area contributed by atoms with Gasteiger partial charge in [-0.2, -0.15) is 0 Å². The molecule has 112 valence electrons. The molecule has 0 atom stereocenters. The minimum absolute atomic E-state index is 0.583. The first-order valence-corrected chi connectivity index (χ1v) is 7.38. The first-order chi connectivity index (χ1) is 10.2. The molecule has 1 N–H and O–H groups in total. The van der Waals surface area contributed by atoms with E-state index in [0.29, 0.717) is 5.92 Å². The Bertz CT molecular complexity index is 509. The number of hydrogen-bond acceptors (Lipinski definition) is 3. The predicted octanol–water partition coefficient (Wildman–Crippen LogP) is 4.56. The molecule has 0 aliphatic rings. The fourth-order valence-corrected chi connectivity index (χ4v) is 1.85. The SMILES string of the molecule is CC(C)COCCNc1ccc(Oc2ccccc2)cc1. The van der Waals surface area contributed by atoms with E-state index in [1.54, 1.807) is 0 Å². The standard InChI is InChI=1S/C18H23NO2/c1-15(2)14-20-13-12-19-16-8-10-18(11-9-16)21-17-6-4-3-5-7-17/h3-11,15,19H,12-14H2,1-2H3. The Kier molecular flexibility index (Phi) is 6.10. The maximum absolute atomic E-state index is 5.75. The molecular formula is C18H23NO2. The van der Waals surface area contributed by atoms with Crippen LogP contribution in [0.15, 0.2) is 54.6 Å². The van der Waals surface area contributed by atoms with Crippen molar-refractivity contribution < 1.29 is 9.47 Å². The molecule has 2 aromatic carbocycles. The normalized spacial score (nSPS) is 10.6. The third-order valence-electron chi connectivity index (χ3n) is 2.86. The Morgan fingerprint density at radius 1 is 0.905 bits per heavy atom. The predicted molar refractivity (Wildman–Crippen MR) is 87.1 cm³/mol. The maximum Gasteiger partial charge on any atom is 0.127 e. The third kappa shape index (κ3) is 5.88. The molecule has 0 saturated carbocycles. The minimum Gasteiger partial charge on any atom is -0.457 e. The van der Waals surface area contributed by atoms with Crippen molar-refractivity contribution in [3.05, 3.63) is 54.6 Å². The molecule has 0 amide bonds. The van der Waals surface area contributed by atoms with Crippen molar-refractivity contribution >= 4 is 5.69 Å². The molecule has 2 aromatic rings. The molecule has 3 nitrogen and oxygen atoms in total. The topological polar surface area (TPSA) is 30.5 Å². The van der Waals surface area contributed by atoms with Gasteiger partial charge in [-0.15, -0.1) is 0 Å². The summed E-state index contributed by atoms with van der Waals surface area (Å²) in [6, 6.07) is 17.7. The van der Waals surface area contributed by atoms with E-state index in [1.807, 2.05) is 54.6 Å². The first-order valence-electron chi connectivity index (χ1n) is 7.38. The van der Waals surface area contributed by atoms with Crippen LogP contribution in [-0.2, 0) is 4.74 Å². The van der Waals surface area contributed by atoms with Gasteiger partial charge in [0.15, 0.2) is 0 Å². The molecule has 0 aliphatic heterocycles. The van der Waals surface area contributed by atoms with Crippen molar-refractivity contribution in [1.29, 1.82) is 0 Å². The Balaban J connectivity index is 1.74. The molecule has 0 spiro atoms. The summed E-state index contributed by atoms with van der Waals surface area (Å²) in [6.07, 6.45) is 0. The highest BCUT2D eigenvalue weighted by Gasteiger charge is 1.98. The molecule has 0 aromatic heterocycles. The molecule has 0 bridgehead atoms. The maximum atomic E-state index is 5.75. The molecule has 0 aliphatic carbocycles. The van der Waals surface area contributed by atoms with Gasteiger partial charge in [-0.1, -0.05) is 32.0 Å². The van der Waals surface area contributed by atoms with Crippen LogP contribution in [0.2, 0.25) is 0 Å². The molecular weight excluding hydrogens is 262 g/mol. The van der Waals surface area contributed by atoms with Crippen LogP contribution in [0.3, 0.4) is 0 Å². The van der Waals surface area contributed by atoms with Crippen molar-refractivity contribution in [2.75, 3.05) is 25.1 Å². The second-order valence-electron chi connectivity index (χ2n) is 5.34. The number of rotatable bonds is 8. The lowest BCUT2D eigenvalue weighted by molar-refractivity contribution is 0.118. The molecule has 3 heteroatoms. The zero-order valence-electron chi connectivity index (χ0n) is 12.7. The molecule has 0 fully saturated rings. The van der Waals surface area contributed by atoms with Gasteiger partial charge >= 0.3 is 0 Å². The summed E-state index contributed by atoms with van der Waals surface area (Å²) in [5.41, 5.74) is 1.07. The number of para-hydroxylation sites is 1. The largest absolute Gasteiger partial charge is 0.457 e. The fraction of sp³-hybridized carbons (Fsp3) is 0.333. The monoisotopic (exact) mass is 285 g/mol. The summed E-state index contributed by atoms with van der Waals surface area (Å²) in [7, 11) is 0. The quantitative estimate of drug-likeness (QED) is 0.721. The van der Waals surface area contributed by atoms with E-state index in [0.717, 1.165) is 36.9 Å². The van der Waals surface area contributed by atoms with Gasteiger partial charge in [-0.3, -0.25) is 0 Å². The summed E-state index contributed by atoms with van der Waals surface area (Å²) in [6.45, 7) is 6.65. The van der Waals surface area contributed by atoms with Gasteiger partial charge in [-0.25, -0.2) is 0 Å². The van der Waals surface area contributed by atoms with Crippen LogP contribution < -0.4 is 10.1 Å².